The summed E-state index contributed by atoms with van der Waals surface area (Å²) >= 11 is 0. The molecule has 1 aliphatic rings. The van der Waals surface area contributed by atoms with E-state index in [1.807, 2.05) is 0 Å². The van der Waals surface area contributed by atoms with Crippen LogP contribution in [0.5, 0.6) is 11.5 Å². The molecule has 22 heavy (non-hydrogen) atoms. The lowest BCUT2D eigenvalue weighted by Gasteiger charge is -2.00. The highest BCUT2D eigenvalue weighted by Gasteiger charge is 2.14. The molecule has 0 amide bonds. The number of carboxylic acid groups (broad SMARTS) is 1. The molecule has 0 bridgehead atoms. The number of carbonyl (C=O) groups is 1. The van der Waals surface area contributed by atoms with Gasteiger partial charge in [0.05, 0.1) is 12.7 Å². The van der Waals surface area contributed by atoms with Crippen LogP contribution in [0.2, 0.25) is 0 Å². The van der Waals surface area contributed by atoms with Crippen molar-refractivity contribution < 1.29 is 24.1 Å². The Bertz CT molecular complexity index is 688. The Hall–Kier alpha value is -2.63. The molecule has 0 saturated heterocycles. The number of hydrogen-bond donors (Lipinski definition) is 2. The van der Waals surface area contributed by atoms with Gasteiger partial charge in [-0.2, -0.15) is 0 Å². The Morgan fingerprint density at radius 2 is 2.09 bits per heavy atom. The van der Waals surface area contributed by atoms with Crippen LogP contribution in [0.4, 0.5) is 4.39 Å². The summed E-state index contributed by atoms with van der Waals surface area (Å²) in [7, 11) is 1.37. The number of ether oxygens (including phenoxy) is 1. The van der Waals surface area contributed by atoms with Gasteiger partial charge in [0.15, 0.2) is 11.5 Å². The number of halogens is 1. The van der Waals surface area contributed by atoms with Crippen molar-refractivity contribution in [3.8, 4) is 11.5 Å². The maximum absolute atomic E-state index is 12.3. The molecule has 1 aliphatic carbocycles. The van der Waals surface area contributed by atoms with Crippen molar-refractivity contribution in [1.82, 2.24) is 4.98 Å². The van der Waals surface area contributed by atoms with Crippen molar-refractivity contribution in [3.05, 3.63) is 53.1 Å². The van der Waals surface area contributed by atoms with Gasteiger partial charge in [0.25, 0.3) is 0 Å². The quantitative estimate of drug-likeness (QED) is 0.892. The van der Waals surface area contributed by atoms with E-state index in [0.717, 1.165) is 42.7 Å². The molecule has 2 N–H and O–H groups in total. The Morgan fingerprint density at radius 3 is 2.73 bits per heavy atom. The smallest absolute Gasteiger partial charge is 0.337 e. The molecule has 5 nitrogen and oxygen atoms in total. The van der Waals surface area contributed by atoms with Gasteiger partial charge in [-0.3, -0.25) is 4.98 Å². The third kappa shape index (κ3) is 3.72. The lowest BCUT2D eigenvalue weighted by atomic mass is 10.1. The number of fused-ring (bicyclic) bond motifs is 1. The first-order chi connectivity index (χ1) is 10.5. The number of aromatic nitrogens is 1. The number of aryl methyl sites for hydroxylation is 2. The van der Waals surface area contributed by atoms with E-state index in [-0.39, 0.29) is 11.5 Å². The standard InChI is InChI=1S/C9H9NO2.C7H7FO2/c11-9(12)7-4-6-2-1-3-8(6)10-5-7;1-10-7-4-5(8)2-3-6(7)9/h4-5H,1-3H2,(H,11,12);2-4,9H,1H3. The fourth-order valence-electron chi connectivity index (χ4n) is 2.19. The lowest BCUT2D eigenvalue weighted by molar-refractivity contribution is 0.0696. The zero-order chi connectivity index (χ0) is 16.1. The third-order valence-electron chi connectivity index (χ3n) is 3.31. The molecule has 0 aliphatic heterocycles. The van der Waals surface area contributed by atoms with E-state index in [0.29, 0.717) is 5.56 Å². The monoisotopic (exact) mass is 305 g/mol. The van der Waals surface area contributed by atoms with Crippen molar-refractivity contribution in [2.75, 3.05) is 7.11 Å². The first kappa shape index (κ1) is 15.8. The number of aromatic hydroxyl groups is 1. The number of benzene rings is 1. The fourth-order valence-corrected chi connectivity index (χ4v) is 2.19. The predicted octanol–water partition coefficient (Wildman–Crippen LogP) is 2.81. The van der Waals surface area contributed by atoms with Gasteiger partial charge in [0.1, 0.15) is 5.82 Å². The average Bonchev–Trinajstić information content (AvgIpc) is 2.97. The number of carboxylic acids is 1. The number of phenolic OH excluding ortho intramolecular Hbond substituents is 1. The van der Waals surface area contributed by atoms with E-state index in [9.17, 15) is 9.18 Å². The zero-order valence-corrected chi connectivity index (χ0v) is 12.0. The number of pyridine rings is 1. The van der Waals surface area contributed by atoms with Gasteiger partial charge in [0.2, 0.25) is 0 Å². The molecule has 2 aromatic rings. The van der Waals surface area contributed by atoms with Crippen molar-refractivity contribution in [2.24, 2.45) is 0 Å². The van der Waals surface area contributed by atoms with Crippen LogP contribution >= 0.6 is 0 Å². The van der Waals surface area contributed by atoms with E-state index < -0.39 is 11.8 Å². The van der Waals surface area contributed by atoms with Gasteiger partial charge < -0.3 is 14.9 Å². The molecule has 0 fully saturated rings. The van der Waals surface area contributed by atoms with Crippen LogP contribution in [0.25, 0.3) is 0 Å². The van der Waals surface area contributed by atoms with Gasteiger partial charge >= 0.3 is 5.97 Å². The Labute approximate surface area is 127 Å². The molecule has 0 atom stereocenters. The van der Waals surface area contributed by atoms with Gasteiger partial charge in [0, 0.05) is 18.0 Å². The Balaban J connectivity index is 0.000000164. The van der Waals surface area contributed by atoms with Gasteiger partial charge in [-0.15, -0.1) is 0 Å². The molecule has 3 rings (SSSR count). The molecule has 6 heteroatoms. The molecule has 116 valence electrons. The van der Waals surface area contributed by atoms with Crippen LogP contribution in [0.1, 0.15) is 28.0 Å². The second-order valence-corrected chi connectivity index (χ2v) is 4.80. The minimum atomic E-state index is -0.891. The van der Waals surface area contributed by atoms with Crippen LogP contribution in [0.15, 0.2) is 30.5 Å². The number of rotatable bonds is 2. The maximum atomic E-state index is 12.3. The molecule has 1 aromatic heterocycles. The predicted molar refractivity (Wildman–Crippen MR) is 77.8 cm³/mol. The minimum absolute atomic E-state index is 0.0519. The average molecular weight is 305 g/mol. The van der Waals surface area contributed by atoms with E-state index >= 15 is 0 Å². The molecule has 0 radical (unpaired) electrons. The second kappa shape index (κ2) is 6.89. The van der Waals surface area contributed by atoms with Gasteiger partial charge in [-0.1, -0.05) is 0 Å². The first-order valence-corrected chi connectivity index (χ1v) is 6.75. The summed E-state index contributed by atoms with van der Waals surface area (Å²) in [5, 5.41) is 17.6. The van der Waals surface area contributed by atoms with Crippen molar-refractivity contribution in [2.45, 2.75) is 19.3 Å². The van der Waals surface area contributed by atoms with E-state index in [2.05, 4.69) is 9.72 Å². The van der Waals surface area contributed by atoms with Crippen molar-refractivity contribution >= 4 is 5.97 Å². The van der Waals surface area contributed by atoms with Crippen LogP contribution < -0.4 is 4.74 Å². The number of phenols is 1. The highest BCUT2D eigenvalue weighted by molar-refractivity contribution is 5.87. The first-order valence-electron chi connectivity index (χ1n) is 6.75. The number of hydrogen-bond acceptors (Lipinski definition) is 4. The van der Waals surface area contributed by atoms with Crippen LogP contribution in [0.3, 0.4) is 0 Å². The van der Waals surface area contributed by atoms with Crippen LogP contribution in [0, 0.1) is 5.82 Å². The fraction of sp³-hybridized carbons (Fsp3) is 0.250. The molecule has 1 heterocycles. The largest absolute Gasteiger partial charge is 0.504 e. The van der Waals surface area contributed by atoms with E-state index in [1.165, 1.54) is 19.4 Å². The molecule has 0 saturated carbocycles. The van der Waals surface area contributed by atoms with Gasteiger partial charge in [-0.05, 0) is 43.0 Å². The topological polar surface area (TPSA) is 79.7 Å². The summed E-state index contributed by atoms with van der Waals surface area (Å²) in [6.07, 6.45) is 4.51. The van der Waals surface area contributed by atoms with Crippen molar-refractivity contribution in [1.29, 1.82) is 0 Å². The SMILES string of the molecule is COc1cc(F)ccc1O.O=C(O)c1cnc2c(c1)CCC2. The van der Waals surface area contributed by atoms with Crippen molar-refractivity contribution in [3.63, 3.8) is 0 Å². The second-order valence-electron chi connectivity index (χ2n) is 4.80. The van der Waals surface area contributed by atoms with E-state index in [4.69, 9.17) is 10.2 Å². The summed E-state index contributed by atoms with van der Waals surface area (Å²) in [5.41, 5.74) is 2.48. The molecular formula is C16H16FNO4. The lowest BCUT2D eigenvalue weighted by Crippen LogP contribution is -1.99. The zero-order valence-electron chi connectivity index (χ0n) is 12.0. The van der Waals surface area contributed by atoms with Crippen LogP contribution in [-0.2, 0) is 12.8 Å². The molecule has 1 aromatic carbocycles. The summed E-state index contributed by atoms with van der Waals surface area (Å²) in [4.78, 5) is 14.7. The Kier molecular flexibility index (Phi) is 4.93. The normalized spacial score (nSPS) is 12.1. The molecule has 0 unspecified atom stereocenters. The van der Waals surface area contributed by atoms with Gasteiger partial charge in [-0.25, -0.2) is 9.18 Å². The third-order valence-corrected chi connectivity index (χ3v) is 3.31. The summed E-state index contributed by atoms with van der Waals surface area (Å²) < 4.78 is 17.0. The Morgan fingerprint density at radius 1 is 1.32 bits per heavy atom. The number of aromatic carboxylic acids is 1. The summed E-state index contributed by atoms with van der Waals surface area (Å²) in [5.74, 6) is -1.21. The summed E-state index contributed by atoms with van der Waals surface area (Å²) in [6.45, 7) is 0. The van der Waals surface area contributed by atoms with E-state index in [1.54, 1.807) is 6.07 Å². The number of nitrogens with zero attached hydrogens (tertiary/aromatic N) is 1. The minimum Gasteiger partial charge on any atom is -0.504 e. The molecular weight excluding hydrogens is 289 g/mol. The summed E-state index contributed by atoms with van der Waals surface area (Å²) in [6, 6.07) is 5.26. The highest BCUT2D eigenvalue weighted by Crippen LogP contribution is 2.25. The maximum Gasteiger partial charge on any atom is 0.337 e. The molecule has 0 spiro atoms. The highest BCUT2D eigenvalue weighted by atomic mass is 19.1. The number of methoxy groups -OCH3 is 1. The van der Waals surface area contributed by atoms with Crippen LogP contribution in [-0.4, -0.2) is 28.3 Å².